The number of sulfone groups is 1. The molecule has 0 amide bonds. The normalized spacial score (nSPS) is 12.5. The first-order valence-electron chi connectivity index (χ1n) is 9.52. The topological polar surface area (TPSA) is 89.0 Å². The molecule has 2 N–H and O–H groups in total. The lowest BCUT2D eigenvalue weighted by atomic mass is 10.2. The molecule has 2 rings (SSSR count). The summed E-state index contributed by atoms with van der Waals surface area (Å²) in [6.07, 6.45) is 0.625. The molecule has 166 valence electrons. The van der Waals surface area contributed by atoms with Crippen LogP contribution in [-0.4, -0.2) is 46.9 Å². The van der Waals surface area contributed by atoms with Gasteiger partial charge in [0.05, 0.1) is 24.4 Å². The molecule has 0 saturated carbocycles. The van der Waals surface area contributed by atoms with Gasteiger partial charge >= 0.3 is 0 Å². The highest BCUT2D eigenvalue weighted by Gasteiger charge is 2.21. The summed E-state index contributed by atoms with van der Waals surface area (Å²) in [5.41, 5.74) is 0.753. The monoisotopic (exact) mass is 547 g/mol. The van der Waals surface area contributed by atoms with Crippen molar-refractivity contribution in [1.29, 1.82) is 0 Å². The number of hydrogen-bond acceptors (Lipinski definition) is 5. The van der Waals surface area contributed by atoms with Gasteiger partial charge in [0.1, 0.15) is 0 Å². The molecule has 1 unspecified atom stereocenters. The second-order valence-electron chi connectivity index (χ2n) is 6.34. The summed E-state index contributed by atoms with van der Waals surface area (Å²) in [7, 11) is -0.176. The van der Waals surface area contributed by atoms with Crippen LogP contribution in [0.25, 0.3) is 0 Å². The quantitative estimate of drug-likeness (QED) is 0.281. The summed E-state index contributed by atoms with van der Waals surface area (Å²) in [5.74, 6) is 1.71. The molecule has 0 aromatic heterocycles. The molecule has 0 radical (unpaired) electrons. The lowest BCUT2D eigenvalue weighted by Gasteiger charge is -2.21. The van der Waals surface area contributed by atoms with Crippen LogP contribution >= 0.6 is 24.0 Å². The van der Waals surface area contributed by atoms with Crippen LogP contribution < -0.4 is 20.1 Å². The third-order valence-corrected chi connectivity index (χ3v) is 6.14. The molecule has 0 aliphatic carbocycles. The average Bonchev–Trinajstić information content (AvgIpc) is 2.73. The van der Waals surface area contributed by atoms with E-state index in [9.17, 15) is 8.42 Å². The summed E-state index contributed by atoms with van der Waals surface area (Å²) in [6.45, 7) is 4.35. The van der Waals surface area contributed by atoms with Gasteiger partial charge in [0.2, 0.25) is 0 Å². The third kappa shape index (κ3) is 7.35. The number of benzene rings is 2. The van der Waals surface area contributed by atoms with E-state index in [-0.39, 0.29) is 35.8 Å². The third-order valence-electron chi connectivity index (χ3n) is 4.31. The van der Waals surface area contributed by atoms with Gasteiger partial charge in [-0.2, -0.15) is 0 Å². The fraction of sp³-hybridized carbons (Fsp3) is 0.381. The number of nitrogens with zero attached hydrogens (tertiary/aromatic N) is 1. The molecule has 2 aromatic rings. The SMILES string of the molecule is CCOc1cc(NC(=NC)NC(CC)CS(=O)(=O)c2ccccc2)ccc1OC.I. The van der Waals surface area contributed by atoms with Gasteiger partial charge in [-0.15, -0.1) is 24.0 Å². The zero-order valence-corrected chi connectivity index (χ0v) is 20.9. The molecule has 0 aliphatic heterocycles. The Morgan fingerprint density at radius 1 is 1.10 bits per heavy atom. The molecule has 0 spiro atoms. The van der Waals surface area contributed by atoms with Gasteiger partial charge in [0, 0.05) is 24.8 Å². The summed E-state index contributed by atoms with van der Waals surface area (Å²) in [6, 6.07) is 13.6. The van der Waals surface area contributed by atoms with Crippen molar-refractivity contribution < 1.29 is 17.9 Å². The second kappa shape index (κ2) is 12.6. The van der Waals surface area contributed by atoms with E-state index >= 15 is 0 Å². The largest absolute Gasteiger partial charge is 0.493 e. The van der Waals surface area contributed by atoms with Gasteiger partial charge < -0.3 is 20.1 Å². The Morgan fingerprint density at radius 3 is 2.37 bits per heavy atom. The molecule has 0 heterocycles. The van der Waals surface area contributed by atoms with Crippen LogP contribution in [0.1, 0.15) is 20.3 Å². The molecular weight excluding hydrogens is 517 g/mol. The van der Waals surface area contributed by atoms with Gasteiger partial charge in [-0.05, 0) is 37.6 Å². The Labute approximate surface area is 196 Å². The van der Waals surface area contributed by atoms with Gasteiger partial charge in [0.15, 0.2) is 27.3 Å². The molecule has 2 aromatic carbocycles. The van der Waals surface area contributed by atoms with E-state index in [0.717, 1.165) is 5.69 Å². The first kappa shape index (κ1) is 26.0. The number of aliphatic imine (C=N–C) groups is 1. The smallest absolute Gasteiger partial charge is 0.195 e. The predicted octanol–water partition coefficient (Wildman–Crippen LogP) is 3.95. The van der Waals surface area contributed by atoms with E-state index in [4.69, 9.17) is 9.47 Å². The average molecular weight is 547 g/mol. The number of rotatable bonds is 9. The number of anilines is 1. The summed E-state index contributed by atoms with van der Waals surface area (Å²) >= 11 is 0. The Hall–Kier alpha value is -2.01. The standard InChI is InChI=1S/C21H29N3O4S.HI/c1-5-16(15-29(25,26)18-10-8-7-9-11-18)23-21(22-3)24-17-12-13-19(27-4)20(14-17)28-6-2;/h7-14,16H,5-6,15H2,1-4H3,(H2,22,23,24);1H. The minimum atomic E-state index is -3.40. The second-order valence-corrected chi connectivity index (χ2v) is 8.37. The fourth-order valence-electron chi connectivity index (χ4n) is 2.76. The molecule has 0 saturated heterocycles. The number of methoxy groups -OCH3 is 1. The van der Waals surface area contributed by atoms with Crippen LogP contribution in [-0.2, 0) is 9.84 Å². The Balaban J connectivity index is 0.00000450. The zero-order valence-electron chi connectivity index (χ0n) is 17.7. The van der Waals surface area contributed by atoms with E-state index in [0.29, 0.717) is 35.4 Å². The lowest BCUT2D eigenvalue weighted by molar-refractivity contribution is 0.311. The van der Waals surface area contributed by atoms with Crippen molar-refractivity contribution in [2.75, 3.05) is 31.8 Å². The van der Waals surface area contributed by atoms with Crippen molar-refractivity contribution in [3.8, 4) is 11.5 Å². The van der Waals surface area contributed by atoms with Crippen molar-refractivity contribution in [2.24, 2.45) is 4.99 Å². The van der Waals surface area contributed by atoms with Gasteiger partial charge in [-0.3, -0.25) is 4.99 Å². The van der Waals surface area contributed by atoms with Crippen LogP contribution in [0.3, 0.4) is 0 Å². The Morgan fingerprint density at radius 2 is 1.80 bits per heavy atom. The summed E-state index contributed by atoms with van der Waals surface area (Å²) in [5, 5.41) is 6.37. The summed E-state index contributed by atoms with van der Waals surface area (Å²) in [4.78, 5) is 4.54. The number of nitrogens with one attached hydrogen (secondary N) is 2. The van der Waals surface area contributed by atoms with Crippen molar-refractivity contribution in [3.05, 3.63) is 48.5 Å². The van der Waals surface area contributed by atoms with Crippen molar-refractivity contribution in [3.63, 3.8) is 0 Å². The highest BCUT2D eigenvalue weighted by atomic mass is 127. The zero-order chi connectivity index (χ0) is 21.3. The van der Waals surface area contributed by atoms with E-state index in [1.807, 2.05) is 26.0 Å². The molecule has 9 heteroatoms. The van der Waals surface area contributed by atoms with Crippen molar-refractivity contribution >= 4 is 45.5 Å². The maximum Gasteiger partial charge on any atom is 0.195 e. The first-order chi connectivity index (χ1) is 13.9. The highest BCUT2D eigenvalue weighted by Crippen LogP contribution is 2.30. The molecule has 30 heavy (non-hydrogen) atoms. The Bertz CT molecular complexity index is 921. The highest BCUT2D eigenvalue weighted by molar-refractivity contribution is 14.0. The molecule has 0 bridgehead atoms. The predicted molar refractivity (Wildman–Crippen MR) is 132 cm³/mol. The number of guanidine groups is 1. The van der Waals surface area contributed by atoms with E-state index in [1.54, 1.807) is 50.6 Å². The minimum Gasteiger partial charge on any atom is -0.493 e. The van der Waals surface area contributed by atoms with Crippen LogP contribution in [0, 0.1) is 0 Å². The van der Waals surface area contributed by atoms with E-state index in [1.165, 1.54) is 0 Å². The number of hydrogen-bond donors (Lipinski definition) is 2. The van der Waals surface area contributed by atoms with Crippen LogP contribution in [0.15, 0.2) is 58.4 Å². The summed E-state index contributed by atoms with van der Waals surface area (Å²) < 4.78 is 36.3. The molecular formula is C21H30IN3O4S. The number of halogens is 1. The maximum absolute atomic E-state index is 12.7. The first-order valence-corrected chi connectivity index (χ1v) is 11.2. The van der Waals surface area contributed by atoms with Crippen molar-refractivity contribution in [1.82, 2.24) is 5.32 Å². The minimum absolute atomic E-state index is 0. The van der Waals surface area contributed by atoms with Gasteiger partial charge in [-0.25, -0.2) is 8.42 Å². The van der Waals surface area contributed by atoms with Crippen LogP contribution in [0.2, 0.25) is 0 Å². The Kier molecular flexibility index (Phi) is 11.0. The van der Waals surface area contributed by atoms with E-state index < -0.39 is 9.84 Å². The molecule has 0 aliphatic rings. The van der Waals surface area contributed by atoms with Crippen molar-refractivity contribution in [2.45, 2.75) is 31.2 Å². The van der Waals surface area contributed by atoms with E-state index in [2.05, 4.69) is 15.6 Å². The fourth-order valence-corrected chi connectivity index (χ4v) is 4.37. The lowest BCUT2D eigenvalue weighted by Crippen LogP contribution is -2.42. The number of ether oxygens (including phenoxy) is 2. The molecule has 0 fully saturated rings. The van der Waals surface area contributed by atoms with Gasteiger partial charge in [-0.1, -0.05) is 25.1 Å². The molecule has 7 nitrogen and oxygen atoms in total. The van der Waals surface area contributed by atoms with Gasteiger partial charge in [0.25, 0.3) is 0 Å². The molecule has 1 atom stereocenters. The maximum atomic E-state index is 12.7. The van der Waals surface area contributed by atoms with Crippen LogP contribution in [0.5, 0.6) is 11.5 Å². The van der Waals surface area contributed by atoms with Crippen LogP contribution in [0.4, 0.5) is 5.69 Å².